The molecular weight excluding hydrogens is 377 g/mol. The number of carbonyl (C=O) groups is 2. The largest absolute Gasteiger partial charge is 0.480 e. The molecule has 1 atom stereocenters. The Bertz CT molecular complexity index is 989. The van der Waals surface area contributed by atoms with Crippen molar-refractivity contribution in [3.63, 3.8) is 0 Å². The first-order chi connectivity index (χ1) is 13.9. The lowest BCUT2D eigenvalue weighted by Crippen LogP contribution is -2.44. The van der Waals surface area contributed by atoms with E-state index in [1.54, 1.807) is 49.8 Å². The van der Waals surface area contributed by atoms with Gasteiger partial charge >= 0.3 is 5.97 Å². The number of nitrogens with zero attached hydrogens (tertiary/aromatic N) is 3. The molecule has 0 radical (unpaired) electrons. The Labute approximate surface area is 166 Å². The molecule has 2 heterocycles. The quantitative estimate of drug-likeness (QED) is 0.535. The van der Waals surface area contributed by atoms with Crippen LogP contribution in [0, 0.1) is 5.82 Å². The Hall–Kier alpha value is -3.59. The van der Waals surface area contributed by atoms with E-state index in [-0.39, 0.29) is 18.8 Å². The van der Waals surface area contributed by atoms with Gasteiger partial charge in [-0.25, -0.2) is 4.39 Å². The number of amides is 1. The summed E-state index contributed by atoms with van der Waals surface area (Å²) in [5.74, 6) is -1.42. The number of anilines is 1. The van der Waals surface area contributed by atoms with E-state index in [0.29, 0.717) is 17.1 Å². The number of aliphatic carboxylic acids is 1. The number of aryl methyl sites for hydroxylation is 1. The number of carboxylic acids is 1. The van der Waals surface area contributed by atoms with Gasteiger partial charge in [0.05, 0.1) is 18.3 Å². The van der Waals surface area contributed by atoms with Crippen molar-refractivity contribution in [3.8, 4) is 11.3 Å². The first-order valence-electron chi connectivity index (χ1n) is 8.87. The zero-order valence-electron chi connectivity index (χ0n) is 15.7. The summed E-state index contributed by atoms with van der Waals surface area (Å²) in [5.41, 5.74) is 2.22. The number of pyridine rings is 1. The predicted molar refractivity (Wildman–Crippen MR) is 105 cm³/mol. The molecule has 0 aliphatic carbocycles. The van der Waals surface area contributed by atoms with Gasteiger partial charge in [0.1, 0.15) is 11.6 Å². The summed E-state index contributed by atoms with van der Waals surface area (Å²) in [6.45, 7) is -0.382. The number of carbonyl (C=O) groups excluding carboxylic acids is 1. The maximum Gasteiger partial charge on any atom is 0.317 e. The third-order valence-corrected chi connectivity index (χ3v) is 4.28. The van der Waals surface area contributed by atoms with E-state index >= 15 is 0 Å². The van der Waals surface area contributed by atoms with Crippen LogP contribution in [-0.2, 0) is 23.1 Å². The molecular formula is C20H20FN5O3. The minimum atomic E-state index is -1.08. The van der Waals surface area contributed by atoms with Gasteiger partial charge in [-0.15, -0.1) is 0 Å². The van der Waals surface area contributed by atoms with Gasteiger partial charge < -0.3 is 10.4 Å². The van der Waals surface area contributed by atoms with E-state index in [2.05, 4.69) is 20.7 Å². The number of halogens is 1. The topological polar surface area (TPSA) is 109 Å². The van der Waals surface area contributed by atoms with Crippen molar-refractivity contribution in [1.82, 2.24) is 20.1 Å². The van der Waals surface area contributed by atoms with Crippen LogP contribution < -0.4 is 10.6 Å². The van der Waals surface area contributed by atoms with Crippen molar-refractivity contribution in [2.75, 3.05) is 11.9 Å². The fourth-order valence-corrected chi connectivity index (χ4v) is 2.79. The van der Waals surface area contributed by atoms with Gasteiger partial charge in [-0.2, -0.15) is 5.10 Å². The second-order valence-corrected chi connectivity index (χ2v) is 6.42. The van der Waals surface area contributed by atoms with Crippen molar-refractivity contribution in [3.05, 3.63) is 66.2 Å². The Morgan fingerprint density at radius 3 is 2.52 bits per heavy atom. The number of hydrogen-bond acceptors (Lipinski definition) is 5. The zero-order valence-corrected chi connectivity index (χ0v) is 15.7. The van der Waals surface area contributed by atoms with Crippen molar-refractivity contribution >= 4 is 17.7 Å². The first kappa shape index (κ1) is 20.2. The molecule has 150 valence electrons. The number of rotatable bonds is 8. The summed E-state index contributed by atoms with van der Waals surface area (Å²) in [5, 5.41) is 18.8. The fourth-order valence-electron chi connectivity index (χ4n) is 2.79. The summed E-state index contributed by atoms with van der Waals surface area (Å²) in [6, 6.07) is 10.2. The van der Waals surface area contributed by atoms with Gasteiger partial charge in [0.25, 0.3) is 0 Å². The van der Waals surface area contributed by atoms with Gasteiger partial charge in [-0.3, -0.25) is 24.6 Å². The van der Waals surface area contributed by atoms with Crippen LogP contribution in [0.5, 0.6) is 0 Å². The van der Waals surface area contributed by atoms with Crippen molar-refractivity contribution < 1.29 is 19.1 Å². The molecule has 0 aliphatic rings. The molecule has 0 saturated heterocycles. The van der Waals surface area contributed by atoms with Crippen LogP contribution in [0.2, 0.25) is 0 Å². The third-order valence-electron chi connectivity index (χ3n) is 4.28. The fraction of sp³-hybridized carbons (Fsp3) is 0.200. The van der Waals surface area contributed by atoms with Crippen LogP contribution in [0.15, 0.2) is 54.9 Å². The average molecular weight is 397 g/mol. The molecule has 0 spiro atoms. The number of benzene rings is 1. The van der Waals surface area contributed by atoms with Crippen molar-refractivity contribution in [1.29, 1.82) is 0 Å². The Morgan fingerprint density at radius 1 is 1.17 bits per heavy atom. The third kappa shape index (κ3) is 5.45. The highest BCUT2D eigenvalue weighted by atomic mass is 19.1. The van der Waals surface area contributed by atoms with Gasteiger partial charge in [-0.05, 0) is 36.2 Å². The lowest BCUT2D eigenvalue weighted by Gasteiger charge is -2.17. The molecule has 0 bridgehead atoms. The molecule has 9 heteroatoms. The van der Waals surface area contributed by atoms with Crippen LogP contribution in [0.1, 0.15) is 5.56 Å². The molecule has 0 fully saturated rings. The summed E-state index contributed by atoms with van der Waals surface area (Å²) >= 11 is 0. The summed E-state index contributed by atoms with van der Waals surface area (Å²) in [6.07, 6.45) is 3.50. The monoisotopic (exact) mass is 397 g/mol. The van der Waals surface area contributed by atoms with Gasteiger partial charge in [0.2, 0.25) is 5.91 Å². The first-order valence-corrected chi connectivity index (χ1v) is 8.87. The van der Waals surface area contributed by atoms with Crippen LogP contribution in [-0.4, -0.2) is 44.3 Å². The molecule has 1 amide bonds. The summed E-state index contributed by atoms with van der Waals surface area (Å²) < 4.78 is 14.7. The van der Waals surface area contributed by atoms with Gasteiger partial charge in [-0.1, -0.05) is 12.1 Å². The normalized spacial score (nSPS) is 11.8. The summed E-state index contributed by atoms with van der Waals surface area (Å²) in [7, 11) is 1.69. The summed E-state index contributed by atoms with van der Waals surface area (Å²) in [4.78, 5) is 27.7. The maximum absolute atomic E-state index is 13.1. The molecule has 3 aromatic rings. The maximum atomic E-state index is 13.1. The lowest BCUT2D eigenvalue weighted by atomic mass is 10.1. The Morgan fingerprint density at radius 2 is 1.86 bits per heavy atom. The van der Waals surface area contributed by atoms with Crippen LogP contribution in [0.4, 0.5) is 10.2 Å². The minimum Gasteiger partial charge on any atom is -0.480 e. The molecule has 0 aliphatic heterocycles. The molecule has 29 heavy (non-hydrogen) atoms. The Kier molecular flexibility index (Phi) is 6.30. The second kappa shape index (κ2) is 9.07. The highest BCUT2D eigenvalue weighted by Crippen LogP contribution is 2.20. The number of hydrogen-bond donors (Lipinski definition) is 3. The predicted octanol–water partition coefficient (Wildman–Crippen LogP) is 1.85. The van der Waals surface area contributed by atoms with Crippen LogP contribution in [0.25, 0.3) is 11.3 Å². The van der Waals surface area contributed by atoms with E-state index < -0.39 is 17.9 Å². The highest BCUT2D eigenvalue weighted by molar-refractivity contribution is 5.95. The van der Waals surface area contributed by atoms with Crippen molar-refractivity contribution in [2.24, 2.45) is 7.05 Å². The van der Waals surface area contributed by atoms with E-state index in [1.165, 1.54) is 16.8 Å². The number of carboxylic acid groups (broad SMARTS) is 1. The SMILES string of the molecule is Cn1nc(-c2ccncc2)cc1NC(=O)[C@H](Cc1ccc(F)cc1)NCC(=O)O. The second-order valence-electron chi connectivity index (χ2n) is 6.42. The minimum absolute atomic E-state index is 0.203. The molecule has 3 N–H and O–H groups in total. The molecule has 3 rings (SSSR count). The van der Waals surface area contributed by atoms with E-state index in [0.717, 1.165) is 5.56 Å². The smallest absolute Gasteiger partial charge is 0.317 e. The molecule has 2 aromatic heterocycles. The standard InChI is InChI=1S/C20H20FN5O3/c1-26-18(11-16(25-26)14-6-8-22-9-7-14)24-20(29)17(23-12-19(27)28)10-13-2-4-15(21)5-3-13/h2-9,11,17,23H,10,12H2,1H3,(H,24,29)(H,27,28)/t17-/m0/s1. The highest BCUT2D eigenvalue weighted by Gasteiger charge is 2.21. The van der Waals surface area contributed by atoms with Gasteiger partial charge in [0, 0.05) is 31.1 Å². The zero-order chi connectivity index (χ0) is 20.8. The van der Waals surface area contributed by atoms with E-state index in [1.807, 2.05) is 0 Å². The molecule has 1 aromatic carbocycles. The van der Waals surface area contributed by atoms with E-state index in [9.17, 15) is 14.0 Å². The molecule has 0 unspecified atom stereocenters. The lowest BCUT2D eigenvalue weighted by molar-refractivity contribution is -0.136. The number of aromatic nitrogens is 3. The molecule has 0 saturated carbocycles. The van der Waals surface area contributed by atoms with E-state index in [4.69, 9.17) is 5.11 Å². The average Bonchev–Trinajstić information content (AvgIpc) is 3.07. The number of nitrogens with one attached hydrogen (secondary N) is 2. The van der Waals surface area contributed by atoms with Crippen LogP contribution >= 0.6 is 0 Å². The van der Waals surface area contributed by atoms with Crippen molar-refractivity contribution in [2.45, 2.75) is 12.5 Å². The van der Waals surface area contributed by atoms with Gasteiger partial charge in [0.15, 0.2) is 0 Å². The molecule has 8 nitrogen and oxygen atoms in total. The van der Waals surface area contributed by atoms with Crippen LogP contribution in [0.3, 0.4) is 0 Å². The Balaban J connectivity index is 1.76.